The maximum Gasteiger partial charge on any atom is 0.251 e. The van der Waals surface area contributed by atoms with Gasteiger partial charge in [-0.05, 0) is 43.5 Å². The molecular formula is C15H20FNO2. The number of aryl methyl sites for hydroxylation is 1. The molecule has 2 unspecified atom stereocenters. The van der Waals surface area contributed by atoms with Gasteiger partial charge in [-0.25, -0.2) is 4.39 Å². The van der Waals surface area contributed by atoms with Crippen molar-refractivity contribution in [1.82, 2.24) is 5.32 Å². The molecule has 1 aliphatic carbocycles. The minimum atomic E-state index is -0.479. The minimum absolute atomic E-state index is 0.194. The van der Waals surface area contributed by atoms with Gasteiger partial charge in [-0.1, -0.05) is 19.3 Å². The summed E-state index contributed by atoms with van der Waals surface area (Å²) in [5.74, 6) is -0.555. The van der Waals surface area contributed by atoms with Crippen molar-refractivity contribution < 1.29 is 14.3 Å². The van der Waals surface area contributed by atoms with Crippen molar-refractivity contribution in [2.75, 3.05) is 0 Å². The third-order valence-corrected chi connectivity index (χ3v) is 3.72. The lowest BCUT2D eigenvalue weighted by Crippen LogP contribution is -2.42. The second-order valence-electron chi connectivity index (χ2n) is 5.25. The number of carbonyl (C=O) groups is 1. The fourth-order valence-corrected chi connectivity index (χ4v) is 2.49. The molecule has 0 spiro atoms. The molecule has 104 valence electrons. The Balaban J connectivity index is 2.05. The van der Waals surface area contributed by atoms with Gasteiger partial charge in [0.15, 0.2) is 0 Å². The third-order valence-electron chi connectivity index (χ3n) is 3.72. The standard InChI is InChI=1S/C15H20FNO2/c1-10-9-11(7-8-12(10)16)15(19)17-13-5-3-2-4-6-14(13)18/h7-9,13-14,18H,2-6H2,1H3,(H,17,19). The van der Waals surface area contributed by atoms with Crippen LogP contribution in [0.25, 0.3) is 0 Å². The van der Waals surface area contributed by atoms with E-state index in [2.05, 4.69) is 5.32 Å². The molecule has 3 nitrogen and oxygen atoms in total. The number of carbonyl (C=O) groups excluding carboxylic acids is 1. The molecule has 0 aliphatic heterocycles. The Kier molecular flexibility index (Phi) is 4.53. The van der Waals surface area contributed by atoms with E-state index in [0.717, 1.165) is 32.1 Å². The van der Waals surface area contributed by atoms with E-state index in [1.165, 1.54) is 18.2 Å². The molecule has 1 aliphatic rings. The molecule has 4 heteroatoms. The summed E-state index contributed by atoms with van der Waals surface area (Å²) < 4.78 is 13.2. The Morgan fingerprint density at radius 2 is 2.05 bits per heavy atom. The van der Waals surface area contributed by atoms with Crippen molar-refractivity contribution in [3.05, 3.63) is 35.1 Å². The molecule has 1 aromatic rings. The lowest BCUT2D eigenvalue weighted by Gasteiger charge is -2.21. The number of aliphatic hydroxyl groups is 1. The molecule has 1 saturated carbocycles. The van der Waals surface area contributed by atoms with Crippen LogP contribution < -0.4 is 5.32 Å². The number of aliphatic hydroxyl groups excluding tert-OH is 1. The highest BCUT2D eigenvalue weighted by Crippen LogP contribution is 2.18. The smallest absolute Gasteiger partial charge is 0.251 e. The zero-order chi connectivity index (χ0) is 13.8. The van der Waals surface area contributed by atoms with Crippen molar-refractivity contribution in [1.29, 1.82) is 0 Å². The van der Waals surface area contributed by atoms with Crippen molar-refractivity contribution >= 4 is 5.91 Å². The molecule has 0 heterocycles. The predicted molar refractivity (Wildman–Crippen MR) is 71.5 cm³/mol. The first-order valence-corrected chi connectivity index (χ1v) is 6.83. The molecule has 2 rings (SSSR count). The van der Waals surface area contributed by atoms with Gasteiger partial charge in [0.2, 0.25) is 0 Å². The van der Waals surface area contributed by atoms with E-state index in [1.807, 2.05) is 0 Å². The Morgan fingerprint density at radius 1 is 1.32 bits per heavy atom. The van der Waals surface area contributed by atoms with Crippen LogP contribution in [0.4, 0.5) is 4.39 Å². The number of nitrogens with one attached hydrogen (secondary N) is 1. The highest BCUT2D eigenvalue weighted by Gasteiger charge is 2.23. The summed E-state index contributed by atoms with van der Waals surface area (Å²) in [6.07, 6.45) is 4.17. The first-order valence-electron chi connectivity index (χ1n) is 6.83. The van der Waals surface area contributed by atoms with E-state index in [0.29, 0.717) is 11.1 Å². The Labute approximate surface area is 112 Å². The van der Waals surface area contributed by atoms with Crippen LogP contribution in [0.2, 0.25) is 0 Å². The molecule has 0 aromatic heterocycles. The van der Waals surface area contributed by atoms with E-state index in [-0.39, 0.29) is 17.8 Å². The van der Waals surface area contributed by atoms with Gasteiger partial charge in [-0.2, -0.15) is 0 Å². The van der Waals surface area contributed by atoms with Gasteiger partial charge in [0.05, 0.1) is 12.1 Å². The summed E-state index contributed by atoms with van der Waals surface area (Å²) >= 11 is 0. The number of hydrogen-bond acceptors (Lipinski definition) is 2. The molecule has 1 aromatic carbocycles. The Morgan fingerprint density at radius 3 is 2.79 bits per heavy atom. The van der Waals surface area contributed by atoms with Gasteiger partial charge in [0.1, 0.15) is 5.82 Å². The summed E-state index contributed by atoms with van der Waals surface area (Å²) in [4.78, 5) is 12.1. The SMILES string of the molecule is Cc1cc(C(=O)NC2CCCCCC2O)ccc1F. The van der Waals surface area contributed by atoms with Gasteiger partial charge in [0.25, 0.3) is 5.91 Å². The fraction of sp³-hybridized carbons (Fsp3) is 0.533. The van der Waals surface area contributed by atoms with Crippen LogP contribution in [0, 0.1) is 12.7 Å². The predicted octanol–water partition coefficient (Wildman–Crippen LogP) is 2.56. The van der Waals surface area contributed by atoms with Gasteiger partial charge in [0, 0.05) is 5.56 Å². The molecule has 0 saturated heterocycles. The highest BCUT2D eigenvalue weighted by molar-refractivity contribution is 5.94. The van der Waals surface area contributed by atoms with Crippen LogP contribution >= 0.6 is 0 Å². The first kappa shape index (κ1) is 14.0. The average molecular weight is 265 g/mol. The summed E-state index contributed by atoms with van der Waals surface area (Å²) in [6, 6.07) is 4.11. The maximum atomic E-state index is 13.2. The Bertz CT molecular complexity index is 461. The summed E-state index contributed by atoms with van der Waals surface area (Å²) in [7, 11) is 0. The van der Waals surface area contributed by atoms with Crippen LogP contribution in [0.5, 0.6) is 0 Å². The Hall–Kier alpha value is -1.42. The van der Waals surface area contributed by atoms with Gasteiger partial charge in [-0.3, -0.25) is 4.79 Å². The van der Waals surface area contributed by atoms with Crippen LogP contribution in [0.1, 0.15) is 48.0 Å². The molecule has 0 bridgehead atoms. The second kappa shape index (κ2) is 6.15. The number of rotatable bonds is 2. The lowest BCUT2D eigenvalue weighted by atomic mass is 10.0. The number of amides is 1. The largest absolute Gasteiger partial charge is 0.391 e. The van der Waals surface area contributed by atoms with Crippen molar-refractivity contribution in [2.45, 2.75) is 51.2 Å². The summed E-state index contributed by atoms with van der Waals surface area (Å²) in [5.41, 5.74) is 0.893. The van der Waals surface area contributed by atoms with Gasteiger partial charge < -0.3 is 10.4 Å². The van der Waals surface area contributed by atoms with E-state index >= 15 is 0 Å². The van der Waals surface area contributed by atoms with Crippen molar-refractivity contribution in [3.63, 3.8) is 0 Å². The molecule has 2 atom stereocenters. The van der Waals surface area contributed by atoms with E-state index in [9.17, 15) is 14.3 Å². The van der Waals surface area contributed by atoms with Crippen LogP contribution in [0.3, 0.4) is 0 Å². The van der Waals surface area contributed by atoms with E-state index in [1.54, 1.807) is 6.92 Å². The third kappa shape index (κ3) is 3.53. The number of hydrogen-bond donors (Lipinski definition) is 2. The van der Waals surface area contributed by atoms with Crippen LogP contribution in [-0.4, -0.2) is 23.2 Å². The number of halogens is 1. The normalized spacial score (nSPS) is 23.7. The van der Waals surface area contributed by atoms with E-state index in [4.69, 9.17) is 0 Å². The topological polar surface area (TPSA) is 49.3 Å². The van der Waals surface area contributed by atoms with Gasteiger partial charge in [-0.15, -0.1) is 0 Å². The van der Waals surface area contributed by atoms with Crippen LogP contribution in [-0.2, 0) is 0 Å². The maximum absolute atomic E-state index is 13.2. The van der Waals surface area contributed by atoms with Gasteiger partial charge >= 0.3 is 0 Å². The minimum Gasteiger partial charge on any atom is -0.391 e. The van der Waals surface area contributed by atoms with Crippen molar-refractivity contribution in [3.8, 4) is 0 Å². The zero-order valence-electron chi connectivity index (χ0n) is 11.2. The molecule has 0 radical (unpaired) electrons. The first-order chi connectivity index (χ1) is 9.08. The van der Waals surface area contributed by atoms with E-state index < -0.39 is 6.10 Å². The number of benzene rings is 1. The quantitative estimate of drug-likeness (QED) is 0.807. The molecule has 1 amide bonds. The summed E-state index contributed by atoms with van der Waals surface area (Å²) in [6.45, 7) is 1.63. The summed E-state index contributed by atoms with van der Waals surface area (Å²) in [5, 5.41) is 12.8. The molecular weight excluding hydrogens is 245 g/mol. The molecule has 2 N–H and O–H groups in total. The van der Waals surface area contributed by atoms with Crippen molar-refractivity contribution in [2.24, 2.45) is 0 Å². The highest BCUT2D eigenvalue weighted by atomic mass is 19.1. The molecule has 1 fully saturated rings. The fourth-order valence-electron chi connectivity index (χ4n) is 2.49. The van der Waals surface area contributed by atoms with Crippen LogP contribution in [0.15, 0.2) is 18.2 Å². The monoisotopic (exact) mass is 265 g/mol. The molecule has 19 heavy (non-hydrogen) atoms. The lowest BCUT2D eigenvalue weighted by molar-refractivity contribution is 0.0818. The zero-order valence-corrected chi connectivity index (χ0v) is 11.2. The average Bonchev–Trinajstić information content (AvgIpc) is 2.58. The second-order valence-corrected chi connectivity index (χ2v) is 5.25.